The van der Waals surface area contributed by atoms with Crippen LogP contribution in [0.5, 0.6) is 0 Å². The Morgan fingerprint density at radius 1 is 1.57 bits per heavy atom. The Kier molecular flexibility index (Phi) is 3.83. The van der Waals surface area contributed by atoms with Crippen molar-refractivity contribution in [1.82, 2.24) is 14.8 Å². The molecule has 0 aliphatic carbocycles. The number of rotatable bonds is 4. The summed E-state index contributed by atoms with van der Waals surface area (Å²) in [4.78, 5) is 26.3. The number of aromatic amines is 1. The van der Waals surface area contributed by atoms with Crippen molar-refractivity contribution < 1.29 is 9.53 Å². The first kappa shape index (κ1) is 13.6. The fourth-order valence-corrected chi connectivity index (χ4v) is 2.32. The summed E-state index contributed by atoms with van der Waals surface area (Å²) in [6, 6.07) is 1.32. The summed E-state index contributed by atoms with van der Waals surface area (Å²) in [6.07, 6.45) is 8.45. The number of hydrogen-bond acceptors (Lipinski definition) is 4. The number of carbonyl (C=O) groups excluding carboxylic acids is 1. The van der Waals surface area contributed by atoms with Gasteiger partial charge in [-0.05, 0) is 12.8 Å². The first-order chi connectivity index (χ1) is 10.2. The molecule has 7 heteroatoms. The fourth-order valence-electron chi connectivity index (χ4n) is 2.32. The summed E-state index contributed by atoms with van der Waals surface area (Å²) in [6.45, 7) is 1.47. The van der Waals surface area contributed by atoms with Crippen LogP contribution >= 0.6 is 0 Å². The highest BCUT2D eigenvalue weighted by Crippen LogP contribution is 2.15. The molecule has 1 amide bonds. The summed E-state index contributed by atoms with van der Waals surface area (Å²) in [5.74, 6) is -0.450. The minimum absolute atomic E-state index is 0.0735. The van der Waals surface area contributed by atoms with Crippen molar-refractivity contribution in [3.05, 3.63) is 46.6 Å². The van der Waals surface area contributed by atoms with Crippen LogP contribution in [0.4, 0.5) is 5.69 Å². The van der Waals surface area contributed by atoms with Crippen LogP contribution in [0.25, 0.3) is 0 Å². The van der Waals surface area contributed by atoms with Crippen molar-refractivity contribution in [2.45, 2.75) is 25.5 Å². The topological polar surface area (TPSA) is 89.0 Å². The summed E-state index contributed by atoms with van der Waals surface area (Å²) < 4.78 is 7.28. The van der Waals surface area contributed by atoms with Crippen LogP contribution in [0.2, 0.25) is 0 Å². The molecule has 110 valence electrons. The first-order valence-electron chi connectivity index (χ1n) is 6.85. The Labute approximate surface area is 120 Å². The van der Waals surface area contributed by atoms with Gasteiger partial charge in [-0.15, -0.1) is 0 Å². The van der Waals surface area contributed by atoms with E-state index in [9.17, 15) is 9.59 Å². The number of amides is 1. The maximum absolute atomic E-state index is 12.0. The van der Waals surface area contributed by atoms with Gasteiger partial charge in [0.05, 0.1) is 24.5 Å². The van der Waals surface area contributed by atoms with Crippen LogP contribution in [0.1, 0.15) is 23.2 Å². The average Bonchev–Trinajstić information content (AvgIpc) is 3.12. The molecule has 3 rings (SSSR count). The molecule has 1 aliphatic heterocycles. The van der Waals surface area contributed by atoms with Crippen LogP contribution in [0, 0.1) is 0 Å². The SMILES string of the molecule is O=C(Nc1cnn(CC2CCCO2)c1)c1c[nH]ccc1=O. The van der Waals surface area contributed by atoms with Crippen LogP contribution in [-0.4, -0.2) is 33.4 Å². The summed E-state index contributed by atoms with van der Waals surface area (Å²) in [7, 11) is 0. The number of aromatic nitrogens is 3. The smallest absolute Gasteiger partial charge is 0.261 e. The van der Waals surface area contributed by atoms with E-state index in [1.54, 1.807) is 17.1 Å². The van der Waals surface area contributed by atoms with E-state index in [2.05, 4.69) is 15.4 Å². The minimum atomic E-state index is -0.450. The lowest BCUT2D eigenvalue weighted by Gasteiger charge is -2.08. The van der Waals surface area contributed by atoms with Gasteiger partial charge in [-0.2, -0.15) is 5.10 Å². The second-order valence-electron chi connectivity index (χ2n) is 4.96. The van der Waals surface area contributed by atoms with E-state index in [1.807, 2.05) is 0 Å². The Morgan fingerprint density at radius 2 is 2.48 bits per heavy atom. The van der Waals surface area contributed by atoms with E-state index in [0.29, 0.717) is 12.2 Å². The van der Waals surface area contributed by atoms with E-state index in [0.717, 1.165) is 19.4 Å². The van der Waals surface area contributed by atoms with Gasteiger partial charge in [0, 0.05) is 31.3 Å². The lowest BCUT2D eigenvalue weighted by atomic mass is 10.2. The van der Waals surface area contributed by atoms with Gasteiger partial charge in [-0.1, -0.05) is 0 Å². The van der Waals surface area contributed by atoms with Crippen LogP contribution in [-0.2, 0) is 11.3 Å². The number of hydrogen-bond donors (Lipinski definition) is 2. The fraction of sp³-hybridized carbons (Fsp3) is 0.357. The third-order valence-electron chi connectivity index (χ3n) is 3.37. The molecule has 0 spiro atoms. The molecule has 3 heterocycles. The Bertz CT molecular complexity index is 685. The number of nitrogens with zero attached hydrogens (tertiary/aromatic N) is 2. The molecular weight excluding hydrogens is 272 g/mol. The van der Waals surface area contributed by atoms with E-state index in [4.69, 9.17) is 4.74 Å². The molecule has 2 N–H and O–H groups in total. The highest BCUT2D eigenvalue weighted by molar-refractivity contribution is 6.03. The van der Waals surface area contributed by atoms with Gasteiger partial charge < -0.3 is 15.0 Å². The summed E-state index contributed by atoms with van der Waals surface area (Å²) in [5, 5.41) is 6.85. The quantitative estimate of drug-likeness (QED) is 0.878. The van der Waals surface area contributed by atoms with Crippen molar-refractivity contribution in [1.29, 1.82) is 0 Å². The third kappa shape index (κ3) is 3.19. The van der Waals surface area contributed by atoms with E-state index in [-0.39, 0.29) is 17.1 Å². The number of pyridine rings is 1. The number of nitrogens with one attached hydrogen (secondary N) is 2. The van der Waals surface area contributed by atoms with Crippen LogP contribution in [0.15, 0.2) is 35.6 Å². The molecular formula is C14H16N4O3. The maximum Gasteiger partial charge on any atom is 0.261 e. The molecule has 1 unspecified atom stereocenters. The van der Waals surface area contributed by atoms with Gasteiger partial charge >= 0.3 is 0 Å². The van der Waals surface area contributed by atoms with Crippen molar-refractivity contribution >= 4 is 11.6 Å². The van der Waals surface area contributed by atoms with Crippen molar-refractivity contribution in [3.63, 3.8) is 0 Å². The second kappa shape index (κ2) is 5.92. The Hall–Kier alpha value is -2.41. The molecule has 1 saturated heterocycles. The molecule has 1 aliphatic rings. The summed E-state index contributed by atoms with van der Waals surface area (Å²) >= 11 is 0. The molecule has 0 radical (unpaired) electrons. The number of H-pyrrole nitrogens is 1. The van der Waals surface area contributed by atoms with Gasteiger partial charge in [-0.3, -0.25) is 14.3 Å². The Morgan fingerprint density at radius 3 is 3.24 bits per heavy atom. The zero-order chi connectivity index (χ0) is 14.7. The number of anilines is 1. The van der Waals surface area contributed by atoms with Crippen LogP contribution in [0.3, 0.4) is 0 Å². The molecule has 1 fully saturated rings. The van der Waals surface area contributed by atoms with E-state index in [1.165, 1.54) is 18.5 Å². The zero-order valence-electron chi connectivity index (χ0n) is 11.4. The molecule has 0 bridgehead atoms. The lowest BCUT2D eigenvalue weighted by molar-refractivity contribution is 0.0940. The second-order valence-corrected chi connectivity index (χ2v) is 4.96. The maximum atomic E-state index is 12.0. The lowest BCUT2D eigenvalue weighted by Crippen LogP contribution is -2.20. The van der Waals surface area contributed by atoms with Crippen molar-refractivity contribution in [2.24, 2.45) is 0 Å². The zero-order valence-corrected chi connectivity index (χ0v) is 11.4. The molecule has 1 atom stereocenters. The molecule has 7 nitrogen and oxygen atoms in total. The predicted octanol–water partition coefficient (Wildman–Crippen LogP) is 1.00. The van der Waals surface area contributed by atoms with E-state index < -0.39 is 5.91 Å². The van der Waals surface area contributed by atoms with Crippen molar-refractivity contribution in [2.75, 3.05) is 11.9 Å². The summed E-state index contributed by atoms with van der Waals surface area (Å²) in [5.41, 5.74) is 0.309. The monoisotopic (exact) mass is 288 g/mol. The standard InChI is InChI=1S/C14H16N4O3/c19-13-3-4-15-7-12(13)14(20)17-10-6-16-18(8-10)9-11-2-1-5-21-11/h3-4,6-8,11H,1-2,5,9H2,(H,15,19)(H,17,20). The minimum Gasteiger partial charge on any atom is -0.376 e. The third-order valence-corrected chi connectivity index (χ3v) is 3.37. The normalized spacial score (nSPS) is 17.8. The highest BCUT2D eigenvalue weighted by Gasteiger charge is 2.17. The molecule has 2 aromatic heterocycles. The van der Waals surface area contributed by atoms with Crippen molar-refractivity contribution in [3.8, 4) is 0 Å². The van der Waals surface area contributed by atoms with Gasteiger partial charge in [0.2, 0.25) is 0 Å². The highest BCUT2D eigenvalue weighted by atomic mass is 16.5. The number of ether oxygens (including phenoxy) is 1. The number of carbonyl (C=O) groups is 1. The van der Waals surface area contributed by atoms with E-state index >= 15 is 0 Å². The molecule has 0 aromatic carbocycles. The average molecular weight is 288 g/mol. The predicted molar refractivity (Wildman–Crippen MR) is 76.2 cm³/mol. The molecule has 2 aromatic rings. The van der Waals surface area contributed by atoms with Gasteiger partial charge in [0.25, 0.3) is 5.91 Å². The first-order valence-corrected chi connectivity index (χ1v) is 6.85. The molecule has 21 heavy (non-hydrogen) atoms. The molecule has 0 saturated carbocycles. The van der Waals surface area contributed by atoms with Gasteiger partial charge in [-0.25, -0.2) is 0 Å². The largest absolute Gasteiger partial charge is 0.376 e. The Balaban J connectivity index is 1.65. The van der Waals surface area contributed by atoms with Gasteiger partial charge in [0.1, 0.15) is 5.56 Å². The van der Waals surface area contributed by atoms with Crippen LogP contribution < -0.4 is 10.7 Å². The van der Waals surface area contributed by atoms with Gasteiger partial charge in [0.15, 0.2) is 5.43 Å².